The second-order valence-electron chi connectivity index (χ2n) is 3.88. The zero-order valence-electron chi connectivity index (χ0n) is 9.56. The number of nitrogens with two attached hydrogens (primary N) is 1. The highest BCUT2D eigenvalue weighted by Gasteiger charge is 2.07. The number of halogens is 1. The normalized spacial score (nSPS) is 12.1. The maximum absolute atomic E-state index is 13.0. The van der Waals surface area contributed by atoms with Crippen molar-refractivity contribution >= 4 is 5.69 Å². The van der Waals surface area contributed by atoms with Gasteiger partial charge in [0.2, 0.25) is 0 Å². The van der Waals surface area contributed by atoms with Gasteiger partial charge in [-0.3, -0.25) is 0 Å². The van der Waals surface area contributed by atoms with Crippen LogP contribution in [0.3, 0.4) is 0 Å². The van der Waals surface area contributed by atoms with E-state index in [1.54, 1.807) is 12.1 Å². The van der Waals surface area contributed by atoms with Crippen LogP contribution in [-0.4, -0.2) is 0 Å². The fourth-order valence-electron chi connectivity index (χ4n) is 1.58. The van der Waals surface area contributed by atoms with E-state index in [-0.39, 0.29) is 11.9 Å². The summed E-state index contributed by atoms with van der Waals surface area (Å²) in [5.74, 6) is 0.223. The summed E-state index contributed by atoms with van der Waals surface area (Å²) >= 11 is 0. The lowest BCUT2D eigenvalue weighted by Gasteiger charge is -2.15. The summed E-state index contributed by atoms with van der Waals surface area (Å²) < 4.78 is 18.6. The van der Waals surface area contributed by atoms with E-state index in [1.165, 1.54) is 12.1 Å². The van der Waals surface area contributed by atoms with Crippen molar-refractivity contribution in [2.24, 2.45) is 0 Å². The van der Waals surface area contributed by atoms with Gasteiger partial charge in [-0.1, -0.05) is 18.2 Å². The Morgan fingerprint density at radius 3 is 2.47 bits per heavy atom. The van der Waals surface area contributed by atoms with Gasteiger partial charge in [-0.2, -0.15) is 0 Å². The molecule has 0 spiro atoms. The first-order valence-electron chi connectivity index (χ1n) is 5.43. The molecule has 2 aromatic rings. The molecule has 0 aliphatic heterocycles. The van der Waals surface area contributed by atoms with E-state index in [2.05, 4.69) is 0 Å². The molecule has 2 N–H and O–H groups in total. The molecule has 17 heavy (non-hydrogen) atoms. The van der Waals surface area contributed by atoms with Crippen LogP contribution in [0.15, 0.2) is 48.5 Å². The Labute approximate surface area is 99.8 Å². The number of rotatable bonds is 3. The first-order valence-corrected chi connectivity index (χ1v) is 5.43. The highest BCUT2D eigenvalue weighted by atomic mass is 19.1. The van der Waals surface area contributed by atoms with E-state index in [9.17, 15) is 4.39 Å². The Morgan fingerprint density at radius 2 is 1.82 bits per heavy atom. The SMILES string of the molecule is CC(Oc1cccc(F)c1)c1ccc(N)cc1. The number of anilines is 1. The Hall–Kier alpha value is -2.03. The van der Waals surface area contributed by atoms with Gasteiger partial charge >= 0.3 is 0 Å². The lowest BCUT2D eigenvalue weighted by atomic mass is 10.1. The molecular weight excluding hydrogens is 217 g/mol. The van der Waals surface area contributed by atoms with Crippen molar-refractivity contribution in [1.82, 2.24) is 0 Å². The monoisotopic (exact) mass is 231 g/mol. The highest BCUT2D eigenvalue weighted by molar-refractivity contribution is 5.40. The molecule has 0 aliphatic rings. The van der Waals surface area contributed by atoms with Crippen LogP contribution in [0.1, 0.15) is 18.6 Å². The molecule has 0 fully saturated rings. The molecule has 0 saturated carbocycles. The fraction of sp³-hybridized carbons (Fsp3) is 0.143. The molecule has 2 nitrogen and oxygen atoms in total. The van der Waals surface area contributed by atoms with Gasteiger partial charge < -0.3 is 10.5 Å². The molecule has 2 aromatic carbocycles. The van der Waals surface area contributed by atoms with Crippen molar-refractivity contribution in [2.45, 2.75) is 13.0 Å². The van der Waals surface area contributed by atoms with Crippen LogP contribution in [0.25, 0.3) is 0 Å². The summed E-state index contributed by atoms with van der Waals surface area (Å²) in [6.07, 6.45) is -0.141. The number of ether oxygens (including phenoxy) is 1. The molecule has 2 rings (SSSR count). The van der Waals surface area contributed by atoms with Crippen LogP contribution < -0.4 is 10.5 Å². The minimum atomic E-state index is -0.299. The lowest BCUT2D eigenvalue weighted by molar-refractivity contribution is 0.226. The zero-order chi connectivity index (χ0) is 12.3. The summed E-state index contributed by atoms with van der Waals surface area (Å²) in [6.45, 7) is 1.91. The third-order valence-corrected chi connectivity index (χ3v) is 2.51. The van der Waals surface area contributed by atoms with Crippen molar-refractivity contribution in [3.05, 3.63) is 59.9 Å². The van der Waals surface area contributed by atoms with Gasteiger partial charge in [-0.05, 0) is 36.8 Å². The van der Waals surface area contributed by atoms with E-state index in [1.807, 2.05) is 31.2 Å². The topological polar surface area (TPSA) is 35.2 Å². The van der Waals surface area contributed by atoms with E-state index >= 15 is 0 Å². The highest BCUT2D eigenvalue weighted by Crippen LogP contribution is 2.22. The third-order valence-electron chi connectivity index (χ3n) is 2.51. The van der Waals surface area contributed by atoms with Gasteiger partial charge in [0.25, 0.3) is 0 Å². The molecule has 0 radical (unpaired) electrons. The molecule has 88 valence electrons. The Kier molecular flexibility index (Phi) is 3.28. The molecule has 0 amide bonds. The molecule has 0 saturated heterocycles. The van der Waals surface area contributed by atoms with Gasteiger partial charge in [0.1, 0.15) is 17.7 Å². The van der Waals surface area contributed by atoms with Gasteiger partial charge in [0, 0.05) is 11.8 Å². The standard InChI is InChI=1S/C14H14FNO/c1-10(11-5-7-13(16)8-6-11)17-14-4-2-3-12(15)9-14/h2-10H,16H2,1H3. The van der Waals surface area contributed by atoms with Gasteiger partial charge in [0.15, 0.2) is 0 Å². The average molecular weight is 231 g/mol. The molecule has 0 heterocycles. The van der Waals surface area contributed by atoms with Crippen molar-refractivity contribution < 1.29 is 9.13 Å². The Bertz CT molecular complexity index is 496. The van der Waals surface area contributed by atoms with Crippen LogP contribution >= 0.6 is 0 Å². The third kappa shape index (κ3) is 2.97. The van der Waals surface area contributed by atoms with Crippen molar-refractivity contribution in [1.29, 1.82) is 0 Å². The second-order valence-corrected chi connectivity index (χ2v) is 3.88. The molecule has 1 atom stereocenters. The number of nitrogen functional groups attached to an aromatic ring is 1. The maximum atomic E-state index is 13.0. The van der Waals surface area contributed by atoms with Crippen LogP contribution in [0.5, 0.6) is 5.75 Å². The Morgan fingerprint density at radius 1 is 1.12 bits per heavy atom. The van der Waals surface area contributed by atoms with Crippen molar-refractivity contribution in [3.8, 4) is 5.75 Å². The summed E-state index contributed by atoms with van der Waals surface area (Å²) in [5.41, 5.74) is 7.33. The quantitative estimate of drug-likeness (QED) is 0.820. The fourth-order valence-corrected chi connectivity index (χ4v) is 1.58. The zero-order valence-corrected chi connectivity index (χ0v) is 9.56. The Balaban J connectivity index is 2.11. The van der Waals surface area contributed by atoms with E-state index in [0.717, 1.165) is 5.56 Å². The number of hydrogen-bond donors (Lipinski definition) is 1. The largest absolute Gasteiger partial charge is 0.486 e. The molecule has 0 bridgehead atoms. The molecule has 1 unspecified atom stereocenters. The first kappa shape index (κ1) is 11.5. The minimum Gasteiger partial charge on any atom is -0.486 e. The molecule has 0 aromatic heterocycles. The van der Waals surface area contributed by atoms with E-state index in [0.29, 0.717) is 11.4 Å². The smallest absolute Gasteiger partial charge is 0.126 e. The summed E-state index contributed by atoms with van der Waals surface area (Å²) in [4.78, 5) is 0. The second kappa shape index (κ2) is 4.87. The van der Waals surface area contributed by atoms with E-state index in [4.69, 9.17) is 10.5 Å². The predicted molar refractivity (Wildman–Crippen MR) is 66.3 cm³/mol. The molecule has 3 heteroatoms. The molecular formula is C14H14FNO. The number of hydrogen-bond acceptors (Lipinski definition) is 2. The van der Waals surface area contributed by atoms with E-state index < -0.39 is 0 Å². The van der Waals surface area contributed by atoms with Gasteiger partial charge in [-0.15, -0.1) is 0 Å². The average Bonchev–Trinajstić information content (AvgIpc) is 2.29. The lowest BCUT2D eigenvalue weighted by Crippen LogP contribution is -2.03. The minimum absolute atomic E-state index is 0.141. The summed E-state index contributed by atoms with van der Waals surface area (Å²) in [7, 11) is 0. The predicted octanol–water partition coefficient (Wildman–Crippen LogP) is 3.55. The van der Waals surface area contributed by atoms with Crippen LogP contribution in [0.2, 0.25) is 0 Å². The summed E-state index contributed by atoms with van der Waals surface area (Å²) in [6, 6.07) is 13.6. The molecule has 0 aliphatic carbocycles. The van der Waals surface area contributed by atoms with Gasteiger partial charge in [-0.25, -0.2) is 4.39 Å². The van der Waals surface area contributed by atoms with Crippen molar-refractivity contribution in [3.63, 3.8) is 0 Å². The number of benzene rings is 2. The van der Waals surface area contributed by atoms with Gasteiger partial charge in [0.05, 0.1) is 0 Å². The van der Waals surface area contributed by atoms with Crippen molar-refractivity contribution in [2.75, 3.05) is 5.73 Å². The summed E-state index contributed by atoms with van der Waals surface area (Å²) in [5, 5.41) is 0. The maximum Gasteiger partial charge on any atom is 0.126 e. The van der Waals surface area contributed by atoms with Crippen LogP contribution in [0, 0.1) is 5.82 Å². The van der Waals surface area contributed by atoms with Crippen LogP contribution in [0.4, 0.5) is 10.1 Å². The first-order chi connectivity index (χ1) is 8.15. The van der Waals surface area contributed by atoms with Crippen LogP contribution in [-0.2, 0) is 0 Å².